The van der Waals surface area contributed by atoms with Crippen LogP contribution in [0.4, 0.5) is 0 Å². The zero-order chi connectivity index (χ0) is 12.3. The van der Waals surface area contributed by atoms with Crippen molar-refractivity contribution in [2.24, 2.45) is 0 Å². The van der Waals surface area contributed by atoms with Gasteiger partial charge < -0.3 is 4.74 Å². The lowest BCUT2D eigenvalue weighted by atomic mass is 10.2. The SMILES string of the molecule is CCOc1ccc(-c2nc(C)cc(Cl)n2)cc1. The number of hydrogen-bond acceptors (Lipinski definition) is 3. The molecule has 88 valence electrons. The molecule has 17 heavy (non-hydrogen) atoms. The van der Waals surface area contributed by atoms with Gasteiger partial charge >= 0.3 is 0 Å². The van der Waals surface area contributed by atoms with E-state index in [1.165, 1.54) is 0 Å². The normalized spacial score (nSPS) is 10.3. The summed E-state index contributed by atoms with van der Waals surface area (Å²) in [5.74, 6) is 1.48. The summed E-state index contributed by atoms with van der Waals surface area (Å²) in [5, 5.41) is 0.460. The van der Waals surface area contributed by atoms with Gasteiger partial charge in [-0.1, -0.05) is 11.6 Å². The Kier molecular flexibility index (Phi) is 3.59. The summed E-state index contributed by atoms with van der Waals surface area (Å²) in [7, 11) is 0. The topological polar surface area (TPSA) is 35.0 Å². The van der Waals surface area contributed by atoms with Gasteiger partial charge in [-0.2, -0.15) is 0 Å². The highest BCUT2D eigenvalue weighted by Crippen LogP contribution is 2.21. The van der Waals surface area contributed by atoms with Crippen molar-refractivity contribution in [1.82, 2.24) is 9.97 Å². The third kappa shape index (κ3) is 2.94. The summed E-state index contributed by atoms with van der Waals surface area (Å²) in [5.41, 5.74) is 1.79. The lowest BCUT2D eigenvalue weighted by Crippen LogP contribution is -1.93. The monoisotopic (exact) mass is 248 g/mol. The molecule has 0 aliphatic carbocycles. The van der Waals surface area contributed by atoms with Crippen LogP contribution in [0.1, 0.15) is 12.6 Å². The van der Waals surface area contributed by atoms with Crippen LogP contribution in [0.15, 0.2) is 30.3 Å². The number of aromatic nitrogens is 2. The smallest absolute Gasteiger partial charge is 0.161 e. The van der Waals surface area contributed by atoms with E-state index in [2.05, 4.69) is 9.97 Å². The molecule has 0 saturated heterocycles. The van der Waals surface area contributed by atoms with Crippen molar-refractivity contribution in [3.63, 3.8) is 0 Å². The fraction of sp³-hybridized carbons (Fsp3) is 0.231. The maximum absolute atomic E-state index is 5.91. The molecule has 0 radical (unpaired) electrons. The molecule has 3 nitrogen and oxygen atoms in total. The van der Waals surface area contributed by atoms with Crippen LogP contribution in [0.3, 0.4) is 0 Å². The van der Waals surface area contributed by atoms with Crippen LogP contribution in [0.2, 0.25) is 5.15 Å². The van der Waals surface area contributed by atoms with Crippen LogP contribution in [-0.2, 0) is 0 Å². The van der Waals surface area contributed by atoms with Crippen molar-refractivity contribution in [1.29, 1.82) is 0 Å². The Morgan fingerprint density at radius 1 is 1.18 bits per heavy atom. The number of ether oxygens (including phenoxy) is 1. The van der Waals surface area contributed by atoms with Crippen molar-refractivity contribution >= 4 is 11.6 Å². The summed E-state index contributed by atoms with van der Waals surface area (Å²) in [4.78, 5) is 8.54. The van der Waals surface area contributed by atoms with Crippen LogP contribution in [0.5, 0.6) is 5.75 Å². The molecule has 0 amide bonds. The molecule has 0 atom stereocenters. The number of halogens is 1. The predicted molar refractivity (Wildman–Crippen MR) is 68.4 cm³/mol. The molecule has 0 aliphatic rings. The Morgan fingerprint density at radius 3 is 2.47 bits per heavy atom. The van der Waals surface area contributed by atoms with E-state index in [9.17, 15) is 0 Å². The predicted octanol–water partition coefficient (Wildman–Crippen LogP) is 3.50. The number of nitrogens with zero attached hydrogens (tertiary/aromatic N) is 2. The molecule has 1 aromatic heterocycles. The van der Waals surface area contributed by atoms with E-state index in [0.717, 1.165) is 17.0 Å². The fourth-order valence-corrected chi connectivity index (χ4v) is 1.76. The average Bonchev–Trinajstić information content (AvgIpc) is 2.29. The summed E-state index contributed by atoms with van der Waals surface area (Å²) in [6.45, 7) is 4.51. The minimum atomic E-state index is 0.460. The highest BCUT2D eigenvalue weighted by molar-refractivity contribution is 6.29. The van der Waals surface area contributed by atoms with Crippen LogP contribution >= 0.6 is 11.6 Å². The third-order valence-corrected chi connectivity index (χ3v) is 2.44. The molecular weight excluding hydrogens is 236 g/mol. The van der Waals surface area contributed by atoms with Gasteiger partial charge in [0.1, 0.15) is 10.9 Å². The van der Waals surface area contributed by atoms with Gasteiger partial charge in [0.25, 0.3) is 0 Å². The van der Waals surface area contributed by atoms with Gasteiger partial charge in [-0.15, -0.1) is 0 Å². The number of rotatable bonds is 3. The van der Waals surface area contributed by atoms with Gasteiger partial charge in [0, 0.05) is 11.3 Å². The zero-order valence-corrected chi connectivity index (χ0v) is 10.5. The summed E-state index contributed by atoms with van der Waals surface area (Å²) in [6, 6.07) is 9.39. The second-order valence-corrected chi connectivity index (χ2v) is 4.00. The van der Waals surface area contributed by atoms with Gasteiger partial charge in [0.15, 0.2) is 5.82 Å². The van der Waals surface area contributed by atoms with E-state index in [4.69, 9.17) is 16.3 Å². The summed E-state index contributed by atoms with van der Waals surface area (Å²) < 4.78 is 5.38. The van der Waals surface area contributed by atoms with E-state index in [0.29, 0.717) is 17.6 Å². The second-order valence-electron chi connectivity index (χ2n) is 3.61. The average molecular weight is 249 g/mol. The van der Waals surface area contributed by atoms with Crippen molar-refractivity contribution in [3.8, 4) is 17.1 Å². The Hall–Kier alpha value is -1.61. The largest absolute Gasteiger partial charge is 0.494 e. The van der Waals surface area contributed by atoms with Gasteiger partial charge in [0.2, 0.25) is 0 Å². The molecule has 0 aliphatic heterocycles. The number of benzene rings is 1. The van der Waals surface area contributed by atoms with Crippen molar-refractivity contribution < 1.29 is 4.74 Å². The maximum atomic E-state index is 5.91. The number of hydrogen-bond donors (Lipinski definition) is 0. The van der Waals surface area contributed by atoms with Gasteiger partial charge in [-0.25, -0.2) is 9.97 Å². The lowest BCUT2D eigenvalue weighted by Gasteiger charge is -2.05. The molecule has 0 fully saturated rings. The molecule has 0 N–H and O–H groups in total. The first-order valence-electron chi connectivity index (χ1n) is 5.43. The maximum Gasteiger partial charge on any atom is 0.161 e. The molecule has 4 heteroatoms. The van der Waals surface area contributed by atoms with Crippen molar-refractivity contribution in [2.75, 3.05) is 6.61 Å². The van der Waals surface area contributed by atoms with Crippen LogP contribution in [-0.4, -0.2) is 16.6 Å². The number of aryl methyl sites for hydroxylation is 1. The first-order chi connectivity index (χ1) is 8.19. The molecule has 2 rings (SSSR count). The van der Waals surface area contributed by atoms with E-state index in [1.54, 1.807) is 6.07 Å². The molecule has 1 aromatic carbocycles. The van der Waals surface area contributed by atoms with Gasteiger partial charge in [0.05, 0.1) is 6.61 Å². The Bertz CT molecular complexity index is 491. The molecule has 1 heterocycles. The first kappa shape index (κ1) is 11.9. The van der Waals surface area contributed by atoms with E-state index in [1.807, 2.05) is 38.1 Å². The summed E-state index contributed by atoms with van der Waals surface area (Å²) >= 11 is 5.91. The van der Waals surface area contributed by atoms with Gasteiger partial charge in [-0.05, 0) is 44.2 Å². The van der Waals surface area contributed by atoms with Crippen LogP contribution in [0, 0.1) is 6.92 Å². The highest BCUT2D eigenvalue weighted by atomic mass is 35.5. The second kappa shape index (κ2) is 5.15. The Morgan fingerprint density at radius 2 is 1.88 bits per heavy atom. The van der Waals surface area contributed by atoms with E-state index < -0.39 is 0 Å². The Balaban J connectivity index is 2.32. The van der Waals surface area contributed by atoms with E-state index >= 15 is 0 Å². The first-order valence-corrected chi connectivity index (χ1v) is 5.81. The Labute approximate surface area is 105 Å². The van der Waals surface area contributed by atoms with Crippen molar-refractivity contribution in [2.45, 2.75) is 13.8 Å². The molecule has 0 saturated carbocycles. The minimum absolute atomic E-state index is 0.460. The minimum Gasteiger partial charge on any atom is -0.494 e. The standard InChI is InChI=1S/C13H13ClN2O/c1-3-17-11-6-4-10(5-7-11)13-15-9(2)8-12(14)16-13/h4-8H,3H2,1-2H3. The molecular formula is C13H13ClN2O. The fourth-order valence-electron chi connectivity index (χ4n) is 1.53. The third-order valence-electron chi connectivity index (χ3n) is 2.25. The van der Waals surface area contributed by atoms with Crippen LogP contribution in [0.25, 0.3) is 11.4 Å². The van der Waals surface area contributed by atoms with Crippen LogP contribution < -0.4 is 4.74 Å². The molecule has 0 spiro atoms. The van der Waals surface area contributed by atoms with Crippen molar-refractivity contribution in [3.05, 3.63) is 41.2 Å². The lowest BCUT2D eigenvalue weighted by molar-refractivity contribution is 0.340. The van der Waals surface area contributed by atoms with E-state index in [-0.39, 0.29) is 0 Å². The molecule has 0 bridgehead atoms. The highest BCUT2D eigenvalue weighted by Gasteiger charge is 2.04. The molecule has 0 unspecified atom stereocenters. The summed E-state index contributed by atoms with van der Waals surface area (Å²) in [6.07, 6.45) is 0. The quantitative estimate of drug-likeness (QED) is 0.780. The van der Waals surface area contributed by atoms with Gasteiger partial charge in [-0.3, -0.25) is 0 Å². The molecule has 2 aromatic rings. The zero-order valence-electron chi connectivity index (χ0n) is 9.77.